The van der Waals surface area contributed by atoms with Crippen molar-refractivity contribution in [3.05, 3.63) is 36.0 Å². The van der Waals surface area contributed by atoms with Gasteiger partial charge in [-0.15, -0.1) is 0 Å². The zero-order valence-corrected chi connectivity index (χ0v) is 14.2. The number of para-hydroxylation sites is 1. The number of nitrogens with zero attached hydrogens (tertiary/aromatic N) is 2. The van der Waals surface area contributed by atoms with Crippen LogP contribution in [0.3, 0.4) is 0 Å². The highest BCUT2D eigenvalue weighted by atomic mass is 16.3. The molecule has 1 aromatic heterocycles. The fourth-order valence-corrected chi connectivity index (χ4v) is 3.94. The molecule has 2 aliphatic rings. The average molecular weight is 341 g/mol. The molecule has 2 fully saturated rings. The number of aromatic amines is 1. The normalized spacial score (nSPS) is 20.2. The maximum Gasteiger partial charge on any atom is 0.270 e. The van der Waals surface area contributed by atoms with Gasteiger partial charge in [-0.3, -0.25) is 9.59 Å². The van der Waals surface area contributed by atoms with E-state index in [0.717, 1.165) is 23.7 Å². The predicted octanol–water partition coefficient (Wildman–Crippen LogP) is 1.76. The molecule has 2 amide bonds. The lowest BCUT2D eigenvalue weighted by molar-refractivity contribution is -0.152. The minimum atomic E-state index is -1.18. The summed E-state index contributed by atoms with van der Waals surface area (Å²) in [6.45, 7) is 1.95. The quantitative estimate of drug-likeness (QED) is 0.874. The number of nitrogens with one attached hydrogen (secondary N) is 1. The van der Waals surface area contributed by atoms with Crippen molar-refractivity contribution in [1.82, 2.24) is 14.8 Å². The van der Waals surface area contributed by atoms with Crippen LogP contribution in [0.5, 0.6) is 0 Å². The molecule has 132 valence electrons. The Labute approximate surface area is 146 Å². The van der Waals surface area contributed by atoms with E-state index in [-0.39, 0.29) is 11.8 Å². The number of amides is 2. The van der Waals surface area contributed by atoms with Gasteiger partial charge in [0.1, 0.15) is 11.3 Å². The number of aliphatic hydroxyl groups is 1. The summed E-state index contributed by atoms with van der Waals surface area (Å²) >= 11 is 0. The summed E-state index contributed by atoms with van der Waals surface area (Å²) in [5, 5.41) is 11.5. The van der Waals surface area contributed by atoms with E-state index in [9.17, 15) is 14.7 Å². The monoisotopic (exact) mass is 341 g/mol. The molecule has 2 heterocycles. The first-order chi connectivity index (χ1) is 12.1. The summed E-state index contributed by atoms with van der Waals surface area (Å²) in [4.78, 5) is 31.9. The van der Waals surface area contributed by atoms with Crippen molar-refractivity contribution in [2.75, 3.05) is 26.2 Å². The highest BCUT2D eigenvalue weighted by Gasteiger charge is 2.42. The van der Waals surface area contributed by atoms with Crippen molar-refractivity contribution in [3.8, 4) is 0 Å². The predicted molar refractivity (Wildman–Crippen MR) is 94.2 cm³/mol. The van der Waals surface area contributed by atoms with E-state index in [2.05, 4.69) is 4.98 Å². The number of carbonyl (C=O) groups is 2. The van der Waals surface area contributed by atoms with Crippen LogP contribution in [0.15, 0.2) is 30.3 Å². The first-order valence-electron chi connectivity index (χ1n) is 8.96. The van der Waals surface area contributed by atoms with Crippen molar-refractivity contribution in [3.63, 3.8) is 0 Å². The molecule has 0 radical (unpaired) electrons. The van der Waals surface area contributed by atoms with Gasteiger partial charge >= 0.3 is 0 Å². The lowest BCUT2D eigenvalue weighted by atomic mass is 10.00. The average Bonchev–Trinajstić information content (AvgIpc) is 3.27. The van der Waals surface area contributed by atoms with Gasteiger partial charge in [-0.1, -0.05) is 18.2 Å². The van der Waals surface area contributed by atoms with Gasteiger partial charge in [0.05, 0.1) is 0 Å². The molecule has 1 saturated carbocycles. The SMILES string of the molecule is O=C(c1cc2ccccc2[nH]1)N1CCN(C(=O)C2(O)CCCC2)CC1. The van der Waals surface area contributed by atoms with Crippen LogP contribution < -0.4 is 0 Å². The van der Waals surface area contributed by atoms with Crippen molar-refractivity contribution < 1.29 is 14.7 Å². The van der Waals surface area contributed by atoms with E-state index in [4.69, 9.17) is 0 Å². The van der Waals surface area contributed by atoms with Crippen LogP contribution in [0.2, 0.25) is 0 Å². The standard InChI is InChI=1S/C19H23N3O3/c23-17(16-13-14-5-1-2-6-15(14)20-16)21-9-11-22(12-10-21)18(24)19(25)7-3-4-8-19/h1-2,5-6,13,20,25H,3-4,7-12H2. The molecular formula is C19H23N3O3. The van der Waals surface area contributed by atoms with Crippen LogP contribution in [-0.2, 0) is 4.79 Å². The van der Waals surface area contributed by atoms with Crippen LogP contribution in [0, 0.1) is 0 Å². The van der Waals surface area contributed by atoms with E-state index >= 15 is 0 Å². The Kier molecular flexibility index (Phi) is 4.00. The summed E-state index contributed by atoms with van der Waals surface area (Å²) in [6, 6.07) is 9.68. The number of aromatic nitrogens is 1. The summed E-state index contributed by atoms with van der Waals surface area (Å²) in [5.74, 6) is -0.203. The number of piperazine rings is 1. The molecule has 1 aromatic carbocycles. The van der Waals surface area contributed by atoms with Gasteiger partial charge in [0.25, 0.3) is 11.8 Å². The third-order valence-electron chi connectivity index (χ3n) is 5.44. The number of rotatable bonds is 2. The topological polar surface area (TPSA) is 76.6 Å². The minimum Gasteiger partial charge on any atom is -0.380 e. The van der Waals surface area contributed by atoms with Crippen LogP contribution in [0.1, 0.15) is 36.2 Å². The Morgan fingerprint density at radius 1 is 1.00 bits per heavy atom. The molecule has 0 atom stereocenters. The van der Waals surface area contributed by atoms with Crippen molar-refractivity contribution in [2.45, 2.75) is 31.3 Å². The number of hydrogen-bond acceptors (Lipinski definition) is 3. The molecule has 4 rings (SSSR count). The van der Waals surface area contributed by atoms with E-state index in [1.807, 2.05) is 30.3 Å². The smallest absolute Gasteiger partial charge is 0.270 e. The van der Waals surface area contributed by atoms with Crippen molar-refractivity contribution in [2.24, 2.45) is 0 Å². The fourth-order valence-electron chi connectivity index (χ4n) is 3.94. The number of fused-ring (bicyclic) bond motifs is 1. The second-order valence-corrected chi connectivity index (χ2v) is 7.09. The Bertz CT molecular complexity index is 766. The molecule has 1 aliphatic carbocycles. The summed E-state index contributed by atoms with van der Waals surface area (Å²) in [6.07, 6.45) is 2.92. The second-order valence-electron chi connectivity index (χ2n) is 7.09. The van der Waals surface area contributed by atoms with Gasteiger partial charge in [-0.25, -0.2) is 0 Å². The molecule has 0 unspecified atom stereocenters. The van der Waals surface area contributed by atoms with E-state index in [1.54, 1.807) is 9.80 Å². The number of benzene rings is 1. The molecule has 1 aliphatic heterocycles. The number of carbonyl (C=O) groups excluding carboxylic acids is 2. The summed E-state index contributed by atoms with van der Waals surface area (Å²) in [7, 11) is 0. The number of H-pyrrole nitrogens is 1. The molecule has 2 aromatic rings. The zero-order valence-electron chi connectivity index (χ0n) is 14.2. The Morgan fingerprint density at radius 3 is 2.32 bits per heavy atom. The molecule has 0 spiro atoms. The van der Waals surface area contributed by atoms with Gasteiger partial charge in [-0.2, -0.15) is 0 Å². The van der Waals surface area contributed by atoms with Gasteiger partial charge in [-0.05, 0) is 37.8 Å². The molecule has 25 heavy (non-hydrogen) atoms. The maximum atomic E-state index is 12.7. The van der Waals surface area contributed by atoms with Crippen molar-refractivity contribution >= 4 is 22.7 Å². The molecule has 6 nitrogen and oxygen atoms in total. The van der Waals surface area contributed by atoms with Crippen LogP contribution in [0.4, 0.5) is 0 Å². The Balaban J connectivity index is 1.41. The van der Waals surface area contributed by atoms with Gasteiger partial charge < -0.3 is 19.9 Å². The van der Waals surface area contributed by atoms with Crippen LogP contribution in [0.25, 0.3) is 10.9 Å². The Morgan fingerprint density at radius 2 is 1.64 bits per heavy atom. The first kappa shape index (κ1) is 16.1. The fraction of sp³-hybridized carbons (Fsp3) is 0.474. The van der Waals surface area contributed by atoms with Crippen molar-refractivity contribution in [1.29, 1.82) is 0 Å². The summed E-state index contributed by atoms with van der Waals surface area (Å²) in [5.41, 5.74) is 0.349. The molecule has 6 heteroatoms. The Hall–Kier alpha value is -2.34. The van der Waals surface area contributed by atoms with E-state index in [0.29, 0.717) is 44.7 Å². The van der Waals surface area contributed by atoms with Gasteiger partial charge in [0, 0.05) is 37.1 Å². The first-order valence-corrected chi connectivity index (χ1v) is 8.96. The highest BCUT2D eigenvalue weighted by Crippen LogP contribution is 2.31. The van der Waals surface area contributed by atoms with Crippen LogP contribution >= 0.6 is 0 Å². The van der Waals surface area contributed by atoms with Gasteiger partial charge in [0.2, 0.25) is 0 Å². The zero-order chi connectivity index (χ0) is 17.4. The maximum absolute atomic E-state index is 12.7. The minimum absolute atomic E-state index is 0.0390. The lowest BCUT2D eigenvalue weighted by Gasteiger charge is -2.37. The molecule has 0 bridgehead atoms. The third kappa shape index (κ3) is 2.91. The second kappa shape index (κ2) is 6.19. The third-order valence-corrected chi connectivity index (χ3v) is 5.44. The van der Waals surface area contributed by atoms with Gasteiger partial charge in [0.15, 0.2) is 0 Å². The summed E-state index contributed by atoms with van der Waals surface area (Å²) < 4.78 is 0. The number of hydrogen-bond donors (Lipinski definition) is 2. The molecule has 2 N–H and O–H groups in total. The van der Waals surface area contributed by atoms with Crippen LogP contribution in [-0.4, -0.2) is 63.5 Å². The van der Waals surface area contributed by atoms with E-state index in [1.165, 1.54) is 0 Å². The highest BCUT2D eigenvalue weighted by molar-refractivity contribution is 5.98. The molecular weight excluding hydrogens is 318 g/mol. The largest absolute Gasteiger partial charge is 0.380 e. The lowest BCUT2D eigenvalue weighted by Crippen LogP contribution is -2.56. The molecule has 1 saturated heterocycles. The van der Waals surface area contributed by atoms with E-state index < -0.39 is 5.60 Å².